The first-order valence-corrected chi connectivity index (χ1v) is 10.5. The number of aromatic nitrogens is 3. The Balaban J connectivity index is 1.62. The number of furan rings is 1. The van der Waals surface area contributed by atoms with Crippen LogP contribution in [0.5, 0.6) is 0 Å². The summed E-state index contributed by atoms with van der Waals surface area (Å²) in [7, 11) is 0. The maximum Gasteiger partial charge on any atom is 0.252 e. The van der Waals surface area contributed by atoms with E-state index >= 15 is 0 Å². The standard InChI is InChI=1S/C24H25N5O3/c1-15(2)29-22-20(14-26-29)19(12-21(28-22)17-8-5-4-6-9-17)24(31)27-16(3)23(30)25-13-18-10-7-11-32-18/h4-12,14-16H,13H2,1-3H3,(H,25,30)(H,27,31). The molecule has 3 heterocycles. The number of carbonyl (C=O) groups excluding carboxylic acids is 2. The van der Waals surface area contributed by atoms with Gasteiger partial charge in [0.2, 0.25) is 5.91 Å². The van der Waals surface area contributed by atoms with Gasteiger partial charge < -0.3 is 15.1 Å². The van der Waals surface area contributed by atoms with E-state index in [2.05, 4.69) is 15.7 Å². The molecular formula is C24H25N5O3. The lowest BCUT2D eigenvalue weighted by Crippen LogP contribution is -2.44. The molecule has 0 spiro atoms. The lowest BCUT2D eigenvalue weighted by Gasteiger charge is -2.15. The number of hydrogen-bond donors (Lipinski definition) is 2. The molecule has 2 N–H and O–H groups in total. The van der Waals surface area contributed by atoms with E-state index in [1.807, 2.05) is 44.2 Å². The summed E-state index contributed by atoms with van der Waals surface area (Å²) in [5.74, 6) is -0.0268. The van der Waals surface area contributed by atoms with Crippen LogP contribution in [0.15, 0.2) is 65.4 Å². The number of hydrogen-bond acceptors (Lipinski definition) is 5. The van der Waals surface area contributed by atoms with Gasteiger partial charge >= 0.3 is 0 Å². The van der Waals surface area contributed by atoms with Crippen molar-refractivity contribution in [2.24, 2.45) is 0 Å². The van der Waals surface area contributed by atoms with Crippen LogP contribution in [0.25, 0.3) is 22.3 Å². The van der Waals surface area contributed by atoms with Gasteiger partial charge in [0.05, 0.1) is 35.6 Å². The SMILES string of the molecule is CC(NC(=O)c1cc(-c2ccccc2)nc2c1cnn2C(C)C)C(=O)NCc1ccco1. The van der Waals surface area contributed by atoms with Crippen LogP contribution in [0, 0.1) is 0 Å². The maximum atomic E-state index is 13.2. The van der Waals surface area contributed by atoms with Crippen LogP contribution < -0.4 is 10.6 Å². The maximum absolute atomic E-state index is 13.2. The third kappa shape index (κ3) is 4.39. The van der Waals surface area contributed by atoms with Crippen LogP contribution in [0.4, 0.5) is 0 Å². The predicted octanol–water partition coefficient (Wildman–Crippen LogP) is 3.71. The molecule has 0 aliphatic carbocycles. The summed E-state index contributed by atoms with van der Waals surface area (Å²) in [5.41, 5.74) is 2.61. The predicted molar refractivity (Wildman–Crippen MR) is 121 cm³/mol. The first kappa shape index (κ1) is 21.3. The number of nitrogens with zero attached hydrogens (tertiary/aromatic N) is 3. The van der Waals surface area contributed by atoms with Crippen LogP contribution in [0.3, 0.4) is 0 Å². The molecule has 2 amide bonds. The van der Waals surface area contributed by atoms with E-state index in [1.165, 1.54) is 0 Å². The third-order valence-electron chi connectivity index (χ3n) is 5.13. The number of pyridine rings is 1. The van der Waals surface area contributed by atoms with E-state index in [9.17, 15) is 9.59 Å². The van der Waals surface area contributed by atoms with Gasteiger partial charge in [-0.05, 0) is 39.0 Å². The van der Waals surface area contributed by atoms with Gasteiger partial charge in [0.1, 0.15) is 11.8 Å². The molecule has 0 fully saturated rings. The summed E-state index contributed by atoms with van der Waals surface area (Å²) in [6.07, 6.45) is 3.19. The van der Waals surface area contributed by atoms with Crippen molar-refractivity contribution in [3.63, 3.8) is 0 Å². The minimum atomic E-state index is -0.735. The highest BCUT2D eigenvalue weighted by Crippen LogP contribution is 2.26. The summed E-state index contributed by atoms with van der Waals surface area (Å²) in [6.45, 7) is 5.91. The Morgan fingerprint density at radius 2 is 1.88 bits per heavy atom. The van der Waals surface area contributed by atoms with Crippen molar-refractivity contribution in [3.05, 3.63) is 72.3 Å². The van der Waals surface area contributed by atoms with E-state index < -0.39 is 6.04 Å². The second-order valence-corrected chi connectivity index (χ2v) is 7.83. The largest absolute Gasteiger partial charge is 0.467 e. The van der Waals surface area contributed by atoms with Crippen molar-refractivity contribution < 1.29 is 14.0 Å². The van der Waals surface area contributed by atoms with Crippen LogP contribution in [0.2, 0.25) is 0 Å². The van der Waals surface area contributed by atoms with Gasteiger partial charge in [0.25, 0.3) is 5.91 Å². The van der Waals surface area contributed by atoms with Gasteiger partial charge in [-0.25, -0.2) is 9.67 Å². The average molecular weight is 431 g/mol. The lowest BCUT2D eigenvalue weighted by molar-refractivity contribution is -0.122. The van der Waals surface area contributed by atoms with Crippen molar-refractivity contribution in [1.29, 1.82) is 0 Å². The Morgan fingerprint density at radius 1 is 1.09 bits per heavy atom. The number of benzene rings is 1. The zero-order chi connectivity index (χ0) is 22.7. The van der Waals surface area contributed by atoms with Gasteiger partial charge in [-0.2, -0.15) is 5.10 Å². The van der Waals surface area contributed by atoms with Crippen molar-refractivity contribution in [1.82, 2.24) is 25.4 Å². The van der Waals surface area contributed by atoms with Crippen LogP contribution in [-0.2, 0) is 11.3 Å². The fourth-order valence-electron chi connectivity index (χ4n) is 3.42. The minimum absolute atomic E-state index is 0.0771. The van der Waals surface area contributed by atoms with Crippen LogP contribution >= 0.6 is 0 Å². The third-order valence-corrected chi connectivity index (χ3v) is 5.13. The first-order chi connectivity index (χ1) is 15.4. The molecule has 8 heteroatoms. The Morgan fingerprint density at radius 3 is 2.56 bits per heavy atom. The second-order valence-electron chi connectivity index (χ2n) is 7.83. The van der Waals surface area contributed by atoms with Gasteiger partial charge in [0, 0.05) is 11.6 Å². The molecule has 4 aromatic rings. The second kappa shape index (κ2) is 9.05. The van der Waals surface area contributed by atoms with Gasteiger partial charge in [-0.1, -0.05) is 30.3 Å². The molecule has 8 nitrogen and oxygen atoms in total. The summed E-state index contributed by atoms with van der Waals surface area (Å²) in [5, 5.41) is 10.6. The Kier molecular flexibility index (Phi) is 6.02. The molecule has 1 aromatic carbocycles. The summed E-state index contributed by atoms with van der Waals surface area (Å²) < 4.78 is 7.01. The van der Waals surface area contributed by atoms with Gasteiger partial charge in [-0.3, -0.25) is 9.59 Å². The van der Waals surface area contributed by atoms with Crippen molar-refractivity contribution >= 4 is 22.8 Å². The Hall–Kier alpha value is -3.94. The van der Waals surface area contributed by atoms with E-state index in [1.54, 1.807) is 42.3 Å². The number of carbonyl (C=O) groups is 2. The molecule has 3 aromatic heterocycles. The average Bonchev–Trinajstić information content (AvgIpc) is 3.47. The number of rotatable bonds is 7. The molecule has 0 aliphatic heterocycles. The molecule has 0 bridgehead atoms. The highest BCUT2D eigenvalue weighted by Gasteiger charge is 2.22. The lowest BCUT2D eigenvalue weighted by atomic mass is 10.1. The van der Waals surface area contributed by atoms with Gasteiger partial charge in [0.15, 0.2) is 5.65 Å². The fourth-order valence-corrected chi connectivity index (χ4v) is 3.42. The molecule has 0 saturated carbocycles. The monoisotopic (exact) mass is 431 g/mol. The molecule has 1 unspecified atom stereocenters. The van der Waals surface area contributed by atoms with Crippen molar-refractivity contribution in [2.75, 3.05) is 0 Å². The highest BCUT2D eigenvalue weighted by molar-refractivity contribution is 6.07. The molecule has 0 radical (unpaired) electrons. The molecule has 4 rings (SSSR count). The van der Waals surface area contributed by atoms with E-state index in [0.717, 1.165) is 5.56 Å². The number of fused-ring (bicyclic) bond motifs is 1. The molecular weight excluding hydrogens is 406 g/mol. The van der Waals surface area contributed by atoms with Crippen molar-refractivity contribution in [2.45, 2.75) is 39.4 Å². The molecule has 32 heavy (non-hydrogen) atoms. The number of amides is 2. The van der Waals surface area contributed by atoms with Gasteiger partial charge in [-0.15, -0.1) is 0 Å². The van der Waals surface area contributed by atoms with Crippen molar-refractivity contribution in [3.8, 4) is 11.3 Å². The smallest absolute Gasteiger partial charge is 0.252 e. The topological polar surface area (TPSA) is 102 Å². The summed E-state index contributed by atoms with van der Waals surface area (Å²) >= 11 is 0. The van der Waals surface area contributed by atoms with E-state index in [0.29, 0.717) is 28.1 Å². The van der Waals surface area contributed by atoms with Crippen LogP contribution in [0.1, 0.15) is 42.9 Å². The zero-order valence-electron chi connectivity index (χ0n) is 18.2. The van der Waals surface area contributed by atoms with E-state index in [4.69, 9.17) is 9.40 Å². The fraction of sp³-hybridized carbons (Fsp3) is 0.250. The molecule has 0 aliphatic rings. The van der Waals surface area contributed by atoms with Crippen LogP contribution in [-0.4, -0.2) is 32.6 Å². The highest BCUT2D eigenvalue weighted by atomic mass is 16.3. The van der Waals surface area contributed by atoms with E-state index in [-0.39, 0.29) is 24.4 Å². The summed E-state index contributed by atoms with van der Waals surface area (Å²) in [4.78, 5) is 30.4. The Bertz CT molecular complexity index is 1230. The first-order valence-electron chi connectivity index (χ1n) is 10.5. The molecule has 0 saturated heterocycles. The number of nitrogens with one attached hydrogen (secondary N) is 2. The summed E-state index contributed by atoms with van der Waals surface area (Å²) in [6, 6.07) is 14.3. The Labute approximate surface area is 185 Å². The molecule has 164 valence electrons. The quantitative estimate of drug-likeness (QED) is 0.464. The zero-order valence-corrected chi connectivity index (χ0v) is 18.2. The molecule has 1 atom stereocenters. The normalized spacial score (nSPS) is 12.1. The minimum Gasteiger partial charge on any atom is -0.467 e.